The van der Waals surface area contributed by atoms with E-state index in [1.54, 1.807) is 12.1 Å². The third kappa shape index (κ3) is 4.76. The summed E-state index contributed by atoms with van der Waals surface area (Å²) in [5.41, 5.74) is 1.67. The van der Waals surface area contributed by atoms with E-state index in [4.69, 9.17) is 0 Å². The van der Waals surface area contributed by atoms with Crippen LogP contribution in [0, 0.1) is 12.8 Å². The van der Waals surface area contributed by atoms with E-state index in [1.165, 1.54) is 4.90 Å². The molecule has 0 fully saturated rings. The molecule has 0 unspecified atom stereocenters. The molecular weight excluding hydrogens is 280 g/mol. The van der Waals surface area contributed by atoms with E-state index in [0.29, 0.717) is 12.1 Å². The monoisotopic (exact) mass is 306 g/mol. The van der Waals surface area contributed by atoms with E-state index in [-0.39, 0.29) is 23.9 Å². The molecule has 0 saturated heterocycles. The fraction of sp³-hybridized carbons (Fsp3) is 0.529. The lowest BCUT2D eigenvalue weighted by atomic mass is 10.0. The Morgan fingerprint density at radius 1 is 1.14 bits per heavy atom. The first kappa shape index (κ1) is 18.0. The fourth-order valence-electron chi connectivity index (χ4n) is 2.41. The van der Waals surface area contributed by atoms with Gasteiger partial charge in [-0.2, -0.15) is 0 Å². The number of carboxylic acid groups (broad SMARTS) is 1. The summed E-state index contributed by atoms with van der Waals surface area (Å²) in [5.74, 6) is -0.0726. The molecule has 0 bridgehead atoms. The summed E-state index contributed by atoms with van der Waals surface area (Å²) >= 11 is 0. The quantitative estimate of drug-likeness (QED) is 0.848. The maximum Gasteiger partial charge on any atom is 0.407 e. The number of nitrogens with one attached hydrogen (secondary N) is 1. The summed E-state index contributed by atoms with van der Waals surface area (Å²) in [6.07, 6.45) is -0.960. The van der Waals surface area contributed by atoms with Crippen LogP contribution in [0.5, 0.6) is 0 Å². The molecule has 5 heteroatoms. The number of carbonyl (C=O) groups is 2. The second kappa shape index (κ2) is 7.82. The van der Waals surface area contributed by atoms with Crippen molar-refractivity contribution in [3.8, 4) is 0 Å². The van der Waals surface area contributed by atoms with Crippen LogP contribution >= 0.6 is 0 Å². The molecule has 22 heavy (non-hydrogen) atoms. The molecule has 1 aromatic carbocycles. The Hall–Kier alpha value is -2.04. The number of carbonyl (C=O) groups excluding carboxylic acids is 1. The molecule has 2 amide bonds. The van der Waals surface area contributed by atoms with Crippen LogP contribution in [0.15, 0.2) is 24.3 Å². The molecule has 0 spiro atoms. The highest BCUT2D eigenvalue weighted by Gasteiger charge is 2.28. The highest BCUT2D eigenvalue weighted by Crippen LogP contribution is 2.14. The minimum Gasteiger partial charge on any atom is -0.465 e. The van der Waals surface area contributed by atoms with Gasteiger partial charge in [-0.15, -0.1) is 0 Å². The Labute approximate surface area is 132 Å². The number of rotatable bonds is 6. The maximum absolute atomic E-state index is 12.2. The summed E-state index contributed by atoms with van der Waals surface area (Å²) in [7, 11) is 0. The highest BCUT2D eigenvalue weighted by atomic mass is 16.4. The predicted octanol–water partition coefficient (Wildman–Crippen LogP) is 3.14. The van der Waals surface area contributed by atoms with Gasteiger partial charge in [-0.3, -0.25) is 4.79 Å². The topological polar surface area (TPSA) is 69.6 Å². The van der Waals surface area contributed by atoms with E-state index in [0.717, 1.165) is 5.56 Å². The minimum absolute atomic E-state index is 0.108. The molecule has 0 aliphatic rings. The Bertz CT molecular complexity index is 509. The average Bonchev–Trinajstić information content (AvgIpc) is 2.42. The van der Waals surface area contributed by atoms with Gasteiger partial charge in [-0.1, -0.05) is 31.5 Å². The summed E-state index contributed by atoms with van der Waals surface area (Å²) in [6.45, 7) is 9.86. The lowest BCUT2D eigenvalue weighted by Crippen LogP contribution is -2.52. The van der Waals surface area contributed by atoms with Crippen LogP contribution in [0.2, 0.25) is 0 Å². The van der Waals surface area contributed by atoms with E-state index >= 15 is 0 Å². The normalized spacial score (nSPS) is 12.3. The molecule has 122 valence electrons. The van der Waals surface area contributed by atoms with Crippen molar-refractivity contribution in [2.24, 2.45) is 5.92 Å². The average molecular weight is 306 g/mol. The van der Waals surface area contributed by atoms with Gasteiger partial charge in [-0.25, -0.2) is 4.79 Å². The molecule has 2 N–H and O–H groups in total. The van der Waals surface area contributed by atoms with E-state index < -0.39 is 6.09 Å². The standard InChI is InChI=1S/C17H26N2O3/c1-11(2)15(19(12(3)4)17(21)22)10-18-16(20)14-8-6-13(5)7-9-14/h6-9,11-12,15H,10H2,1-5H3,(H,18,20)(H,21,22)/t15-/m1/s1. The van der Waals surface area contributed by atoms with Gasteiger partial charge < -0.3 is 15.3 Å². The molecule has 5 nitrogen and oxygen atoms in total. The molecule has 0 heterocycles. The van der Waals surface area contributed by atoms with Gasteiger partial charge >= 0.3 is 6.09 Å². The summed E-state index contributed by atoms with van der Waals surface area (Å²) < 4.78 is 0. The molecule has 0 aromatic heterocycles. The first-order chi connectivity index (χ1) is 10.2. The van der Waals surface area contributed by atoms with Crippen LogP contribution in [0.1, 0.15) is 43.6 Å². The first-order valence-corrected chi connectivity index (χ1v) is 7.60. The van der Waals surface area contributed by atoms with E-state index in [2.05, 4.69) is 5.32 Å². The SMILES string of the molecule is Cc1ccc(C(=O)NC[C@H](C(C)C)N(C(=O)O)C(C)C)cc1. The fourth-order valence-corrected chi connectivity index (χ4v) is 2.41. The lowest BCUT2D eigenvalue weighted by Gasteiger charge is -2.35. The van der Waals surface area contributed by atoms with E-state index in [9.17, 15) is 14.7 Å². The van der Waals surface area contributed by atoms with Crippen molar-refractivity contribution >= 4 is 12.0 Å². The van der Waals surface area contributed by atoms with Crippen LogP contribution in [-0.2, 0) is 0 Å². The van der Waals surface area contributed by atoms with Crippen LogP contribution in [0.3, 0.4) is 0 Å². The van der Waals surface area contributed by atoms with Crippen molar-refractivity contribution in [3.05, 3.63) is 35.4 Å². The number of hydrogen-bond donors (Lipinski definition) is 2. The Morgan fingerprint density at radius 3 is 2.09 bits per heavy atom. The number of amides is 2. The number of benzene rings is 1. The summed E-state index contributed by atoms with van der Waals surface area (Å²) in [5, 5.41) is 12.2. The van der Waals surface area contributed by atoms with Crippen LogP contribution in [0.25, 0.3) is 0 Å². The second-order valence-electron chi connectivity index (χ2n) is 6.17. The molecule has 0 aliphatic carbocycles. The second-order valence-corrected chi connectivity index (χ2v) is 6.17. The van der Waals surface area contributed by atoms with Gasteiger partial charge in [0.15, 0.2) is 0 Å². The number of hydrogen-bond acceptors (Lipinski definition) is 2. The zero-order chi connectivity index (χ0) is 16.9. The van der Waals surface area contributed by atoms with Crippen molar-refractivity contribution in [2.45, 2.75) is 46.7 Å². The van der Waals surface area contributed by atoms with Crippen LogP contribution in [0.4, 0.5) is 4.79 Å². The van der Waals surface area contributed by atoms with Gasteiger partial charge in [-0.05, 0) is 38.8 Å². The zero-order valence-electron chi connectivity index (χ0n) is 14.0. The third-order valence-corrected chi connectivity index (χ3v) is 3.69. The van der Waals surface area contributed by atoms with E-state index in [1.807, 2.05) is 46.8 Å². The van der Waals surface area contributed by atoms with Crippen molar-refractivity contribution in [3.63, 3.8) is 0 Å². The minimum atomic E-state index is -0.960. The summed E-state index contributed by atoms with van der Waals surface area (Å²) in [4.78, 5) is 25.0. The van der Waals surface area contributed by atoms with Crippen LogP contribution in [-0.4, -0.2) is 40.6 Å². The van der Waals surface area contributed by atoms with Gasteiger partial charge in [0.2, 0.25) is 0 Å². The highest BCUT2D eigenvalue weighted by molar-refractivity contribution is 5.94. The lowest BCUT2D eigenvalue weighted by molar-refractivity contribution is 0.0813. The summed E-state index contributed by atoms with van der Waals surface area (Å²) in [6, 6.07) is 6.91. The van der Waals surface area contributed by atoms with Gasteiger partial charge in [0.25, 0.3) is 5.91 Å². The van der Waals surface area contributed by atoms with Gasteiger partial charge in [0, 0.05) is 18.2 Å². The Morgan fingerprint density at radius 2 is 1.68 bits per heavy atom. The smallest absolute Gasteiger partial charge is 0.407 e. The van der Waals surface area contributed by atoms with Crippen molar-refractivity contribution in [1.29, 1.82) is 0 Å². The molecule has 0 saturated carbocycles. The van der Waals surface area contributed by atoms with Gasteiger partial charge in [0.1, 0.15) is 0 Å². The molecule has 0 aliphatic heterocycles. The molecular formula is C17H26N2O3. The van der Waals surface area contributed by atoms with Crippen molar-refractivity contribution in [2.75, 3.05) is 6.54 Å². The predicted molar refractivity (Wildman–Crippen MR) is 87.1 cm³/mol. The van der Waals surface area contributed by atoms with Crippen molar-refractivity contribution in [1.82, 2.24) is 10.2 Å². The van der Waals surface area contributed by atoms with Crippen molar-refractivity contribution < 1.29 is 14.7 Å². The largest absolute Gasteiger partial charge is 0.465 e. The molecule has 0 radical (unpaired) electrons. The third-order valence-electron chi connectivity index (χ3n) is 3.69. The molecule has 1 rings (SSSR count). The van der Waals surface area contributed by atoms with Crippen LogP contribution < -0.4 is 5.32 Å². The van der Waals surface area contributed by atoms with Gasteiger partial charge in [0.05, 0.1) is 6.04 Å². The maximum atomic E-state index is 12.2. The number of aryl methyl sites for hydroxylation is 1. The first-order valence-electron chi connectivity index (χ1n) is 7.60. The molecule has 1 aromatic rings. The molecule has 1 atom stereocenters. The Balaban J connectivity index is 2.78. The zero-order valence-corrected chi connectivity index (χ0v) is 14.0. The number of nitrogens with zero attached hydrogens (tertiary/aromatic N) is 1. The Kier molecular flexibility index (Phi) is 6.40.